The van der Waals surface area contributed by atoms with E-state index < -0.39 is 0 Å². The predicted octanol–water partition coefficient (Wildman–Crippen LogP) is 5.24. The van der Waals surface area contributed by atoms with E-state index in [2.05, 4.69) is 22.9 Å². The Labute approximate surface area is 193 Å². The number of nitrogens with one attached hydrogen (secondary N) is 3. The fourth-order valence-corrected chi connectivity index (χ4v) is 3.11. The van der Waals surface area contributed by atoms with Crippen LogP contribution in [0.5, 0.6) is 5.75 Å². The van der Waals surface area contributed by atoms with Gasteiger partial charge in [-0.2, -0.15) is 0 Å². The molecule has 3 aromatic carbocycles. The first kappa shape index (κ1) is 23.0. The molecule has 0 saturated heterocycles. The molecule has 164 valence electrons. The second kappa shape index (κ2) is 11.6. The van der Waals surface area contributed by atoms with Crippen molar-refractivity contribution in [2.45, 2.75) is 19.8 Å². The summed E-state index contributed by atoms with van der Waals surface area (Å²) in [7, 11) is 0. The van der Waals surface area contributed by atoms with Gasteiger partial charge in [0, 0.05) is 16.9 Å². The topological polar surface area (TPSA) is 79.5 Å². The Kier molecular flexibility index (Phi) is 8.34. The molecular formula is C25H25N3O3S. The second-order valence-corrected chi connectivity index (χ2v) is 7.42. The number of para-hydroxylation sites is 2. The van der Waals surface area contributed by atoms with Crippen molar-refractivity contribution in [2.75, 3.05) is 17.2 Å². The van der Waals surface area contributed by atoms with Crippen LogP contribution in [-0.4, -0.2) is 23.5 Å². The molecule has 0 radical (unpaired) electrons. The van der Waals surface area contributed by atoms with Crippen molar-refractivity contribution in [1.82, 2.24) is 5.32 Å². The maximum atomic E-state index is 12.7. The summed E-state index contributed by atoms with van der Waals surface area (Å²) in [6.45, 7) is 2.62. The van der Waals surface area contributed by atoms with Crippen molar-refractivity contribution in [3.05, 3.63) is 90.0 Å². The Balaban J connectivity index is 1.61. The first-order valence-electron chi connectivity index (χ1n) is 10.4. The normalized spacial score (nSPS) is 10.2. The maximum Gasteiger partial charge on any atom is 0.261 e. The lowest BCUT2D eigenvalue weighted by Crippen LogP contribution is -2.34. The molecular weight excluding hydrogens is 422 g/mol. The summed E-state index contributed by atoms with van der Waals surface area (Å²) in [6, 6.07) is 23.1. The minimum atomic E-state index is -0.368. The Bertz CT molecular complexity index is 1090. The number of unbranched alkanes of at least 4 members (excludes halogenated alkanes) is 1. The van der Waals surface area contributed by atoms with E-state index >= 15 is 0 Å². The number of benzene rings is 3. The van der Waals surface area contributed by atoms with Crippen molar-refractivity contribution in [3.63, 3.8) is 0 Å². The number of hydrogen-bond acceptors (Lipinski definition) is 4. The summed E-state index contributed by atoms with van der Waals surface area (Å²) >= 11 is 5.29. The molecule has 3 N–H and O–H groups in total. The molecule has 0 saturated carbocycles. The van der Waals surface area contributed by atoms with E-state index in [-0.39, 0.29) is 16.9 Å². The lowest BCUT2D eigenvalue weighted by atomic mass is 10.2. The van der Waals surface area contributed by atoms with Crippen LogP contribution in [0.2, 0.25) is 0 Å². The van der Waals surface area contributed by atoms with Crippen LogP contribution >= 0.6 is 12.2 Å². The van der Waals surface area contributed by atoms with Crippen LogP contribution in [0.25, 0.3) is 0 Å². The van der Waals surface area contributed by atoms with Gasteiger partial charge in [-0.25, -0.2) is 0 Å². The summed E-state index contributed by atoms with van der Waals surface area (Å²) in [6.07, 6.45) is 1.91. The van der Waals surface area contributed by atoms with Crippen molar-refractivity contribution < 1.29 is 14.3 Å². The van der Waals surface area contributed by atoms with Gasteiger partial charge in [-0.05, 0) is 61.1 Å². The zero-order chi connectivity index (χ0) is 22.8. The molecule has 32 heavy (non-hydrogen) atoms. The average molecular weight is 448 g/mol. The van der Waals surface area contributed by atoms with Gasteiger partial charge in [0.1, 0.15) is 5.75 Å². The van der Waals surface area contributed by atoms with Crippen LogP contribution < -0.4 is 20.7 Å². The number of ether oxygens (including phenoxy) is 1. The molecule has 0 unspecified atom stereocenters. The molecule has 0 spiro atoms. The number of carbonyl (C=O) groups is 2. The van der Waals surface area contributed by atoms with Crippen LogP contribution in [0.15, 0.2) is 78.9 Å². The van der Waals surface area contributed by atoms with Crippen LogP contribution in [0.1, 0.15) is 40.5 Å². The van der Waals surface area contributed by atoms with Gasteiger partial charge in [0.05, 0.1) is 12.2 Å². The highest BCUT2D eigenvalue weighted by molar-refractivity contribution is 7.80. The average Bonchev–Trinajstić information content (AvgIpc) is 2.80. The molecule has 2 amide bonds. The van der Waals surface area contributed by atoms with E-state index in [1.165, 1.54) is 0 Å². The summed E-state index contributed by atoms with van der Waals surface area (Å²) in [4.78, 5) is 25.2. The van der Waals surface area contributed by atoms with Crippen molar-refractivity contribution in [2.24, 2.45) is 0 Å². The van der Waals surface area contributed by atoms with Gasteiger partial charge in [0.15, 0.2) is 5.11 Å². The van der Waals surface area contributed by atoms with E-state index in [1.54, 1.807) is 42.5 Å². The molecule has 3 aromatic rings. The Hall–Kier alpha value is -3.71. The smallest absolute Gasteiger partial charge is 0.261 e. The maximum absolute atomic E-state index is 12.7. The van der Waals surface area contributed by atoms with Crippen LogP contribution in [0.4, 0.5) is 11.4 Å². The number of rotatable bonds is 8. The highest BCUT2D eigenvalue weighted by Gasteiger charge is 2.14. The summed E-state index contributed by atoms with van der Waals surface area (Å²) < 4.78 is 5.72. The van der Waals surface area contributed by atoms with Crippen LogP contribution in [-0.2, 0) is 0 Å². The zero-order valence-electron chi connectivity index (χ0n) is 17.8. The van der Waals surface area contributed by atoms with Gasteiger partial charge in [0.2, 0.25) is 0 Å². The summed E-state index contributed by atoms with van der Waals surface area (Å²) in [5, 5.41) is 8.58. The first-order chi connectivity index (χ1) is 15.6. The quantitative estimate of drug-likeness (QED) is 0.325. The molecule has 0 bridgehead atoms. The van der Waals surface area contributed by atoms with Crippen LogP contribution in [0.3, 0.4) is 0 Å². The van der Waals surface area contributed by atoms with Gasteiger partial charge >= 0.3 is 0 Å². The molecule has 0 aliphatic carbocycles. The standard InChI is InChI=1S/C25H25N3O3S/c1-2-3-16-31-22-15-8-7-14-21(22)24(30)28-25(32)27-20-13-9-10-18(17-20)23(29)26-19-11-5-4-6-12-19/h4-15,17H,2-3,16H2,1H3,(H,26,29)(H2,27,28,30,32). The monoisotopic (exact) mass is 447 g/mol. The van der Waals surface area contributed by atoms with Gasteiger partial charge < -0.3 is 15.4 Å². The fourth-order valence-electron chi connectivity index (χ4n) is 2.90. The largest absolute Gasteiger partial charge is 0.493 e. The molecule has 6 nitrogen and oxygen atoms in total. The number of anilines is 2. The van der Waals surface area contributed by atoms with Crippen molar-refractivity contribution >= 4 is 40.5 Å². The number of carbonyl (C=O) groups excluding carboxylic acids is 2. The molecule has 0 aliphatic rings. The van der Waals surface area contributed by atoms with Crippen LogP contribution in [0, 0.1) is 0 Å². The Morgan fingerprint density at radius 2 is 1.56 bits per heavy atom. The second-order valence-electron chi connectivity index (χ2n) is 7.01. The number of hydrogen-bond donors (Lipinski definition) is 3. The first-order valence-corrected chi connectivity index (χ1v) is 10.8. The molecule has 0 aliphatic heterocycles. The molecule has 7 heteroatoms. The molecule has 0 fully saturated rings. The van der Waals surface area contributed by atoms with E-state index in [9.17, 15) is 9.59 Å². The van der Waals surface area contributed by atoms with Crippen molar-refractivity contribution in [3.8, 4) is 5.75 Å². The molecule has 0 aromatic heterocycles. The van der Waals surface area contributed by atoms with E-state index in [1.807, 2.05) is 36.4 Å². The lowest BCUT2D eigenvalue weighted by Gasteiger charge is -2.13. The molecule has 0 atom stereocenters. The summed E-state index contributed by atoms with van der Waals surface area (Å²) in [5.74, 6) is -0.0960. The molecule has 0 heterocycles. The molecule has 3 rings (SSSR count). The predicted molar refractivity (Wildman–Crippen MR) is 131 cm³/mol. The zero-order valence-corrected chi connectivity index (χ0v) is 18.6. The van der Waals surface area contributed by atoms with Gasteiger partial charge in [-0.3, -0.25) is 14.9 Å². The van der Waals surface area contributed by atoms with E-state index in [0.717, 1.165) is 12.8 Å². The third kappa shape index (κ3) is 6.65. The van der Waals surface area contributed by atoms with Gasteiger partial charge in [-0.1, -0.05) is 49.7 Å². The van der Waals surface area contributed by atoms with Crippen molar-refractivity contribution in [1.29, 1.82) is 0 Å². The number of thiocarbonyl (C=S) groups is 1. The third-order valence-corrected chi connectivity index (χ3v) is 4.73. The van der Waals surface area contributed by atoms with Gasteiger partial charge in [-0.15, -0.1) is 0 Å². The Morgan fingerprint density at radius 1 is 0.844 bits per heavy atom. The van der Waals surface area contributed by atoms with E-state index in [4.69, 9.17) is 17.0 Å². The minimum absolute atomic E-state index is 0.124. The van der Waals surface area contributed by atoms with Gasteiger partial charge in [0.25, 0.3) is 11.8 Å². The SMILES string of the molecule is CCCCOc1ccccc1C(=O)NC(=S)Nc1cccc(C(=O)Nc2ccccc2)c1. The fraction of sp³-hybridized carbons (Fsp3) is 0.160. The highest BCUT2D eigenvalue weighted by Crippen LogP contribution is 2.19. The lowest BCUT2D eigenvalue weighted by molar-refractivity contribution is 0.0972. The highest BCUT2D eigenvalue weighted by atomic mass is 32.1. The number of amides is 2. The summed E-state index contributed by atoms with van der Waals surface area (Å²) in [5.41, 5.74) is 2.16. The Morgan fingerprint density at radius 3 is 2.34 bits per heavy atom. The third-order valence-electron chi connectivity index (χ3n) is 4.53. The van der Waals surface area contributed by atoms with E-state index in [0.29, 0.717) is 34.9 Å². The minimum Gasteiger partial charge on any atom is -0.493 e.